The van der Waals surface area contributed by atoms with Crippen molar-refractivity contribution < 1.29 is 28.2 Å². The maximum Gasteiger partial charge on any atom is 0.343 e. The Morgan fingerprint density at radius 3 is 2.21 bits per heavy atom. The van der Waals surface area contributed by atoms with E-state index in [-0.39, 0.29) is 12.4 Å². The zero-order valence-corrected chi connectivity index (χ0v) is 22.4. The van der Waals surface area contributed by atoms with Crippen molar-refractivity contribution in [1.29, 1.82) is 0 Å². The average molecular weight is 536 g/mol. The number of ether oxygens (including phenoxy) is 3. The van der Waals surface area contributed by atoms with Gasteiger partial charge in [0.05, 0.1) is 12.7 Å². The van der Waals surface area contributed by atoms with Crippen LogP contribution < -0.4 is 9.47 Å². The summed E-state index contributed by atoms with van der Waals surface area (Å²) in [7, 11) is 1.29. The molecular formula is C30H30ClNO6. The second kappa shape index (κ2) is 12.6. The van der Waals surface area contributed by atoms with E-state index < -0.39 is 5.97 Å². The average Bonchev–Trinajstić information content (AvgIpc) is 3.32. The standard InChI is InChI=1S/C30H30ClNO6/c1-4-32(5-2)16-17-36-23-13-8-21(9-14-23)30-28(25-18-22(31)10-15-26(25)38-30)29(34)20-6-11-24(12-7-20)37-19-27(33)35-3/h6-15,18H,4-5,16-17,19H2,1-3H3. The molecule has 0 spiro atoms. The summed E-state index contributed by atoms with van der Waals surface area (Å²) >= 11 is 6.27. The van der Waals surface area contributed by atoms with Crippen molar-refractivity contribution in [2.24, 2.45) is 0 Å². The maximum atomic E-state index is 13.7. The number of esters is 1. The second-order valence-corrected chi connectivity index (χ2v) is 9.00. The molecule has 0 radical (unpaired) electrons. The molecule has 0 aliphatic rings. The molecule has 0 N–H and O–H groups in total. The number of ketones is 1. The molecule has 198 valence electrons. The Bertz CT molecular complexity index is 1390. The Labute approximate surface area is 226 Å². The SMILES string of the molecule is CCN(CC)CCOc1ccc(-c2oc3ccc(Cl)cc3c2C(=O)c2ccc(OCC(=O)OC)cc2)cc1. The van der Waals surface area contributed by atoms with E-state index in [9.17, 15) is 9.59 Å². The number of carbonyl (C=O) groups is 2. The van der Waals surface area contributed by atoms with Gasteiger partial charge in [0, 0.05) is 28.1 Å². The second-order valence-electron chi connectivity index (χ2n) is 8.56. The summed E-state index contributed by atoms with van der Waals surface area (Å²) in [5, 5.41) is 1.13. The number of nitrogens with zero attached hydrogens (tertiary/aromatic N) is 1. The molecule has 0 unspecified atom stereocenters. The van der Waals surface area contributed by atoms with Gasteiger partial charge in [0.1, 0.15) is 29.4 Å². The van der Waals surface area contributed by atoms with E-state index in [2.05, 4.69) is 23.5 Å². The van der Waals surface area contributed by atoms with Gasteiger partial charge in [0.15, 0.2) is 12.4 Å². The van der Waals surface area contributed by atoms with Gasteiger partial charge < -0.3 is 23.5 Å². The minimum absolute atomic E-state index is 0.214. The van der Waals surface area contributed by atoms with E-state index >= 15 is 0 Å². The summed E-state index contributed by atoms with van der Waals surface area (Å²) in [6, 6.07) is 19.3. The molecule has 0 atom stereocenters. The van der Waals surface area contributed by atoms with Gasteiger partial charge in [-0.15, -0.1) is 0 Å². The number of rotatable bonds is 12. The van der Waals surface area contributed by atoms with E-state index in [0.717, 1.165) is 30.9 Å². The molecule has 4 aromatic rings. The van der Waals surface area contributed by atoms with Crippen LogP contribution in [0.15, 0.2) is 71.1 Å². The van der Waals surface area contributed by atoms with Crippen LogP contribution in [0.25, 0.3) is 22.3 Å². The van der Waals surface area contributed by atoms with Crippen molar-refractivity contribution >= 4 is 34.3 Å². The lowest BCUT2D eigenvalue weighted by molar-refractivity contribution is -0.142. The molecular weight excluding hydrogens is 506 g/mol. The number of halogens is 1. The van der Waals surface area contributed by atoms with E-state index in [4.69, 9.17) is 25.5 Å². The summed E-state index contributed by atoms with van der Waals surface area (Å²) in [6.07, 6.45) is 0. The molecule has 0 saturated carbocycles. The van der Waals surface area contributed by atoms with Crippen LogP contribution >= 0.6 is 11.6 Å². The Hall–Kier alpha value is -3.81. The van der Waals surface area contributed by atoms with Gasteiger partial charge in [-0.25, -0.2) is 4.79 Å². The first-order chi connectivity index (χ1) is 18.4. The molecule has 0 amide bonds. The van der Waals surface area contributed by atoms with E-state index in [1.54, 1.807) is 42.5 Å². The molecule has 8 heteroatoms. The molecule has 0 bridgehead atoms. The van der Waals surface area contributed by atoms with Gasteiger partial charge in [-0.1, -0.05) is 25.4 Å². The highest BCUT2D eigenvalue weighted by Crippen LogP contribution is 2.37. The Morgan fingerprint density at radius 1 is 0.895 bits per heavy atom. The fourth-order valence-corrected chi connectivity index (χ4v) is 4.25. The highest BCUT2D eigenvalue weighted by Gasteiger charge is 2.24. The molecule has 1 aromatic heterocycles. The summed E-state index contributed by atoms with van der Waals surface area (Å²) in [5.41, 5.74) is 2.16. The number of benzene rings is 3. The zero-order valence-electron chi connectivity index (χ0n) is 21.7. The van der Waals surface area contributed by atoms with Crippen LogP contribution in [0.5, 0.6) is 11.5 Å². The normalized spacial score (nSPS) is 11.1. The van der Waals surface area contributed by atoms with Crippen molar-refractivity contribution in [2.45, 2.75) is 13.8 Å². The van der Waals surface area contributed by atoms with Crippen LogP contribution in [0.3, 0.4) is 0 Å². The van der Waals surface area contributed by atoms with Crippen LogP contribution in [0, 0.1) is 0 Å². The van der Waals surface area contributed by atoms with Crippen LogP contribution in [-0.4, -0.2) is 56.6 Å². The number of likely N-dealkylation sites (N-methyl/N-ethyl adjacent to an activating group) is 1. The first kappa shape index (κ1) is 27.2. The molecule has 4 rings (SSSR count). The van der Waals surface area contributed by atoms with Gasteiger partial charge in [-0.05, 0) is 79.8 Å². The van der Waals surface area contributed by atoms with Gasteiger partial charge in [0.2, 0.25) is 0 Å². The highest BCUT2D eigenvalue weighted by atomic mass is 35.5. The predicted molar refractivity (Wildman–Crippen MR) is 147 cm³/mol. The fraction of sp³-hybridized carbons (Fsp3) is 0.267. The third-order valence-electron chi connectivity index (χ3n) is 6.27. The quantitative estimate of drug-likeness (QED) is 0.156. The van der Waals surface area contributed by atoms with Crippen LogP contribution in [0.4, 0.5) is 0 Å². The van der Waals surface area contributed by atoms with Gasteiger partial charge in [-0.3, -0.25) is 4.79 Å². The van der Waals surface area contributed by atoms with Crippen molar-refractivity contribution in [3.8, 4) is 22.8 Å². The predicted octanol–water partition coefficient (Wildman–Crippen LogP) is 6.26. The number of carbonyl (C=O) groups excluding carboxylic acids is 2. The van der Waals surface area contributed by atoms with Crippen molar-refractivity contribution in [2.75, 3.05) is 40.0 Å². The molecule has 0 aliphatic heterocycles. The van der Waals surface area contributed by atoms with Gasteiger partial charge in [-0.2, -0.15) is 0 Å². The largest absolute Gasteiger partial charge is 0.492 e. The van der Waals surface area contributed by atoms with Crippen LogP contribution in [0.1, 0.15) is 29.8 Å². The molecule has 3 aromatic carbocycles. The Morgan fingerprint density at radius 2 is 1.55 bits per heavy atom. The first-order valence-electron chi connectivity index (χ1n) is 12.5. The highest BCUT2D eigenvalue weighted by molar-refractivity contribution is 6.32. The van der Waals surface area contributed by atoms with Gasteiger partial charge in [0.25, 0.3) is 0 Å². The van der Waals surface area contributed by atoms with Crippen molar-refractivity contribution in [3.63, 3.8) is 0 Å². The number of furan rings is 1. The molecule has 0 aliphatic carbocycles. The van der Waals surface area contributed by atoms with E-state index in [1.165, 1.54) is 7.11 Å². The Kier molecular flexibility index (Phi) is 9.05. The lowest BCUT2D eigenvalue weighted by atomic mass is 9.97. The first-order valence-corrected chi connectivity index (χ1v) is 12.8. The molecule has 0 saturated heterocycles. The summed E-state index contributed by atoms with van der Waals surface area (Å²) in [5.74, 6) is 0.934. The van der Waals surface area contributed by atoms with Crippen molar-refractivity contribution in [1.82, 2.24) is 4.90 Å². The maximum absolute atomic E-state index is 13.7. The Balaban J connectivity index is 1.60. The topological polar surface area (TPSA) is 78.2 Å². The number of methoxy groups -OCH3 is 1. The summed E-state index contributed by atoms with van der Waals surface area (Å²) < 4.78 is 22.0. The third kappa shape index (κ3) is 6.36. The number of hydrogen-bond donors (Lipinski definition) is 0. The lowest BCUT2D eigenvalue weighted by Gasteiger charge is -2.18. The zero-order chi connectivity index (χ0) is 27.1. The minimum Gasteiger partial charge on any atom is -0.492 e. The van der Waals surface area contributed by atoms with E-state index in [1.807, 2.05) is 24.3 Å². The monoisotopic (exact) mass is 535 g/mol. The lowest BCUT2D eigenvalue weighted by Crippen LogP contribution is -2.27. The molecule has 7 nitrogen and oxygen atoms in total. The van der Waals surface area contributed by atoms with E-state index in [0.29, 0.717) is 45.2 Å². The summed E-state index contributed by atoms with van der Waals surface area (Å²) in [4.78, 5) is 27.4. The molecule has 0 fully saturated rings. The fourth-order valence-electron chi connectivity index (χ4n) is 4.08. The molecule has 38 heavy (non-hydrogen) atoms. The van der Waals surface area contributed by atoms with Crippen LogP contribution in [-0.2, 0) is 9.53 Å². The van der Waals surface area contributed by atoms with Crippen LogP contribution in [0.2, 0.25) is 5.02 Å². The number of fused-ring (bicyclic) bond motifs is 1. The molecule has 1 heterocycles. The number of hydrogen-bond acceptors (Lipinski definition) is 7. The smallest absolute Gasteiger partial charge is 0.343 e. The minimum atomic E-state index is -0.489. The van der Waals surface area contributed by atoms with Gasteiger partial charge >= 0.3 is 5.97 Å². The third-order valence-corrected chi connectivity index (χ3v) is 6.50. The summed E-state index contributed by atoms with van der Waals surface area (Å²) in [6.45, 7) is 7.45. The van der Waals surface area contributed by atoms with Crippen molar-refractivity contribution in [3.05, 3.63) is 82.9 Å².